The van der Waals surface area contributed by atoms with Gasteiger partial charge in [0.05, 0.1) is 14.0 Å². The first-order valence-corrected chi connectivity index (χ1v) is 3.67. The average Bonchev–Trinajstić information content (AvgIpc) is 2.10. The van der Waals surface area contributed by atoms with Gasteiger partial charge >= 0.3 is 0 Å². The maximum atomic E-state index is 9.28. The fraction of sp³-hybridized carbons (Fsp3) is 1.00. The van der Waals surface area contributed by atoms with E-state index in [1.165, 1.54) is 0 Å². The lowest BCUT2D eigenvalue weighted by Crippen LogP contribution is -2.10. The summed E-state index contributed by atoms with van der Waals surface area (Å²) in [5, 5.41) is 9.28. The Morgan fingerprint density at radius 2 is 2.22 bits per heavy atom. The van der Waals surface area contributed by atoms with E-state index in [4.69, 9.17) is 7.85 Å². The van der Waals surface area contributed by atoms with Gasteiger partial charge in [0, 0.05) is 0 Å². The molecule has 0 heterocycles. The molecule has 0 amide bonds. The first kappa shape index (κ1) is 7.14. The van der Waals surface area contributed by atoms with Crippen molar-refractivity contribution in [2.75, 3.05) is 0 Å². The highest BCUT2D eigenvalue weighted by Crippen LogP contribution is 2.34. The minimum absolute atomic E-state index is 0.120. The van der Waals surface area contributed by atoms with Crippen LogP contribution in [0.3, 0.4) is 0 Å². The molecule has 50 valence electrons. The van der Waals surface area contributed by atoms with Gasteiger partial charge in [0.25, 0.3) is 0 Å². The summed E-state index contributed by atoms with van der Waals surface area (Å²) in [5.74, 6) is 0.727. The second-order valence-corrected chi connectivity index (χ2v) is 2.97. The molecule has 0 spiro atoms. The Kier molecular flexibility index (Phi) is 2.17. The zero-order valence-corrected chi connectivity index (χ0v) is 5.88. The van der Waals surface area contributed by atoms with Crippen LogP contribution in [0, 0.1) is 5.92 Å². The summed E-state index contributed by atoms with van der Waals surface area (Å²) in [6, 6.07) is 0. The van der Waals surface area contributed by atoms with E-state index in [0.29, 0.717) is 5.92 Å². The largest absolute Gasteiger partial charge is 0.393 e. The fourth-order valence-electron chi connectivity index (χ4n) is 1.58. The average molecular weight is 124 g/mol. The SMILES string of the molecule is [B][C@@H]1CC(O)[C@@H](CC)C1. The molecule has 1 saturated carbocycles. The van der Waals surface area contributed by atoms with Crippen molar-refractivity contribution in [3.05, 3.63) is 0 Å². The molecule has 0 bridgehead atoms. The van der Waals surface area contributed by atoms with Gasteiger partial charge in [-0.1, -0.05) is 25.6 Å². The molecule has 1 N–H and O–H groups in total. The van der Waals surface area contributed by atoms with E-state index in [2.05, 4.69) is 6.92 Å². The zero-order valence-electron chi connectivity index (χ0n) is 5.88. The molecule has 0 aromatic rings. The first-order chi connectivity index (χ1) is 4.24. The molecule has 1 aliphatic rings. The summed E-state index contributed by atoms with van der Waals surface area (Å²) < 4.78 is 0. The number of aliphatic hydroxyl groups is 1. The normalized spacial score (nSPS) is 43.6. The predicted octanol–water partition coefficient (Wildman–Crippen LogP) is 1.12. The van der Waals surface area contributed by atoms with Gasteiger partial charge in [-0.2, -0.15) is 0 Å². The van der Waals surface area contributed by atoms with E-state index in [1.807, 2.05) is 0 Å². The van der Waals surface area contributed by atoms with Gasteiger partial charge in [-0.3, -0.25) is 0 Å². The van der Waals surface area contributed by atoms with E-state index in [-0.39, 0.29) is 11.9 Å². The smallest absolute Gasteiger partial charge is 0.0700 e. The van der Waals surface area contributed by atoms with Crippen LogP contribution in [0.15, 0.2) is 0 Å². The van der Waals surface area contributed by atoms with E-state index in [1.54, 1.807) is 0 Å². The second kappa shape index (κ2) is 2.74. The number of hydrogen-bond donors (Lipinski definition) is 1. The van der Waals surface area contributed by atoms with Crippen LogP contribution < -0.4 is 0 Å². The lowest BCUT2D eigenvalue weighted by atomic mass is 9.85. The highest BCUT2D eigenvalue weighted by atomic mass is 16.3. The topological polar surface area (TPSA) is 20.2 Å². The monoisotopic (exact) mass is 124 g/mol. The standard InChI is InChI=1S/C7H13BO/c1-2-5-3-6(8)4-7(5)9/h5-7,9H,2-4H2,1H3/t5-,6-,7?/m0/s1. The number of hydrogen-bond acceptors (Lipinski definition) is 1. The maximum Gasteiger partial charge on any atom is 0.0700 e. The van der Waals surface area contributed by atoms with Crippen LogP contribution in [0.5, 0.6) is 0 Å². The zero-order chi connectivity index (χ0) is 6.85. The highest BCUT2D eigenvalue weighted by Gasteiger charge is 2.27. The minimum Gasteiger partial charge on any atom is -0.393 e. The van der Waals surface area contributed by atoms with Gasteiger partial charge < -0.3 is 5.11 Å². The van der Waals surface area contributed by atoms with E-state index >= 15 is 0 Å². The van der Waals surface area contributed by atoms with Crippen molar-refractivity contribution in [2.45, 2.75) is 38.1 Å². The third kappa shape index (κ3) is 1.48. The van der Waals surface area contributed by atoms with Crippen molar-refractivity contribution in [3.8, 4) is 0 Å². The van der Waals surface area contributed by atoms with Crippen LogP contribution in [0.2, 0.25) is 5.82 Å². The van der Waals surface area contributed by atoms with Crippen LogP contribution >= 0.6 is 0 Å². The molecule has 1 unspecified atom stereocenters. The van der Waals surface area contributed by atoms with Gasteiger partial charge in [-0.25, -0.2) is 0 Å². The van der Waals surface area contributed by atoms with Gasteiger partial charge in [-0.05, 0) is 12.3 Å². The summed E-state index contributed by atoms with van der Waals surface area (Å²) >= 11 is 0. The molecule has 1 rings (SSSR count). The second-order valence-electron chi connectivity index (χ2n) is 2.97. The minimum atomic E-state index is -0.120. The third-order valence-corrected chi connectivity index (χ3v) is 2.22. The Balaban J connectivity index is 2.38. The molecule has 2 radical (unpaired) electrons. The highest BCUT2D eigenvalue weighted by molar-refractivity contribution is 6.11. The van der Waals surface area contributed by atoms with Gasteiger partial charge in [0.15, 0.2) is 0 Å². The molecule has 0 aromatic heterocycles. The van der Waals surface area contributed by atoms with Crippen molar-refractivity contribution in [1.29, 1.82) is 0 Å². The lowest BCUT2D eigenvalue weighted by molar-refractivity contribution is 0.131. The maximum absolute atomic E-state index is 9.28. The van der Waals surface area contributed by atoms with Crippen LogP contribution in [0.4, 0.5) is 0 Å². The summed E-state index contributed by atoms with van der Waals surface area (Å²) in [6.07, 6.45) is 2.76. The molecule has 0 aliphatic heterocycles. The molecule has 1 aliphatic carbocycles. The van der Waals surface area contributed by atoms with Crippen molar-refractivity contribution >= 4 is 7.85 Å². The summed E-state index contributed by atoms with van der Waals surface area (Å²) in [6.45, 7) is 2.10. The summed E-state index contributed by atoms with van der Waals surface area (Å²) in [5.41, 5.74) is 0. The molecule has 9 heavy (non-hydrogen) atoms. The van der Waals surface area contributed by atoms with Crippen molar-refractivity contribution in [3.63, 3.8) is 0 Å². The van der Waals surface area contributed by atoms with E-state index in [9.17, 15) is 5.11 Å². The Hall–Kier alpha value is 0.0249. The van der Waals surface area contributed by atoms with Gasteiger partial charge in [-0.15, -0.1) is 0 Å². The van der Waals surface area contributed by atoms with Crippen molar-refractivity contribution < 1.29 is 5.11 Å². The fourth-order valence-corrected chi connectivity index (χ4v) is 1.58. The number of rotatable bonds is 1. The third-order valence-electron chi connectivity index (χ3n) is 2.22. The molecule has 0 aromatic carbocycles. The first-order valence-electron chi connectivity index (χ1n) is 3.67. The van der Waals surface area contributed by atoms with Crippen LogP contribution in [-0.2, 0) is 0 Å². The van der Waals surface area contributed by atoms with Crippen molar-refractivity contribution in [1.82, 2.24) is 0 Å². The Morgan fingerprint density at radius 3 is 2.44 bits per heavy atom. The molecule has 0 saturated heterocycles. The van der Waals surface area contributed by atoms with Gasteiger partial charge in [0.2, 0.25) is 0 Å². The Labute approximate surface area is 57.9 Å². The summed E-state index contributed by atoms with van der Waals surface area (Å²) in [4.78, 5) is 0. The van der Waals surface area contributed by atoms with E-state index in [0.717, 1.165) is 19.3 Å². The Bertz CT molecular complexity index is 94.9. The van der Waals surface area contributed by atoms with E-state index < -0.39 is 0 Å². The van der Waals surface area contributed by atoms with Crippen LogP contribution in [0.1, 0.15) is 26.2 Å². The molecule has 2 heteroatoms. The Morgan fingerprint density at radius 1 is 1.56 bits per heavy atom. The lowest BCUT2D eigenvalue weighted by Gasteiger charge is -2.09. The predicted molar refractivity (Wildman–Crippen MR) is 38.5 cm³/mol. The molecule has 1 fully saturated rings. The van der Waals surface area contributed by atoms with Gasteiger partial charge in [0.1, 0.15) is 0 Å². The molecular weight excluding hydrogens is 111 g/mol. The van der Waals surface area contributed by atoms with Crippen LogP contribution in [0.25, 0.3) is 0 Å². The quantitative estimate of drug-likeness (QED) is 0.519. The number of aliphatic hydroxyl groups excluding tert-OH is 1. The molecular formula is C7H13BO. The van der Waals surface area contributed by atoms with Crippen LogP contribution in [-0.4, -0.2) is 19.1 Å². The van der Waals surface area contributed by atoms with Crippen molar-refractivity contribution in [2.24, 2.45) is 5.92 Å². The molecule has 1 nitrogen and oxygen atoms in total. The molecule has 3 atom stereocenters. The summed E-state index contributed by atoms with van der Waals surface area (Å²) in [7, 11) is 5.63.